The molecule has 1 aromatic carbocycles. The number of benzene rings is 1. The third-order valence-corrected chi connectivity index (χ3v) is 6.82. The summed E-state index contributed by atoms with van der Waals surface area (Å²) in [6.45, 7) is 11.3. The molecule has 0 saturated heterocycles. The standard InChI is InChI=1S/C32H50N4O8/c1-31(2,3)43-29(41)33-20-12-7-8-17-26(37)36(24-19-18-22-14-9-10-15-23(22)35-27(24)38)25(28(39)40)16-11-13-21-34-30(42)44-32(4,5)6/h9-10,14-15,24-25H,7-8,11-13,16-21H2,1-6H3,(H,33,41)(H,34,42)(H,35,38)(H,39,40). The number of alkyl carbamates (subject to hydrolysis) is 2. The van der Waals surface area contributed by atoms with Crippen molar-refractivity contribution in [2.45, 2.75) is 123 Å². The predicted octanol–water partition coefficient (Wildman–Crippen LogP) is 5.00. The first-order valence-corrected chi connectivity index (χ1v) is 15.4. The first-order chi connectivity index (χ1) is 20.6. The lowest BCUT2D eigenvalue weighted by Crippen LogP contribution is -2.54. The summed E-state index contributed by atoms with van der Waals surface area (Å²) in [6.07, 6.45) is 2.48. The Balaban J connectivity index is 2.05. The van der Waals surface area contributed by atoms with Crippen LogP contribution in [-0.2, 0) is 30.3 Å². The number of fused-ring (bicyclic) bond motifs is 1. The number of hydrogen-bond acceptors (Lipinski definition) is 7. The molecule has 4 amide bonds. The smallest absolute Gasteiger partial charge is 0.407 e. The monoisotopic (exact) mass is 618 g/mol. The molecule has 0 radical (unpaired) electrons. The maximum absolute atomic E-state index is 13.6. The van der Waals surface area contributed by atoms with Crippen molar-refractivity contribution in [1.29, 1.82) is 0 Å². The van der Waals surface area contributed by atoms with Crippen LogP contribution in [0.5, 0.6) is 0 Å². The Bertz CT molecular complexity index is 1140. The van der Waals surface area contributed by atoms with E-state index in [1.54, 1.807) is 47.6 Å². The van der Waals surface area contributed by atoms with Crippen LogP contribution < -0.4 is 16.0 Å². The summed E-state index contributed by atoms with van der Waals surface area (Å²) >= 11 is 0. The van der Waals surface area contributed by atoms with Gasteiger partial charge in [0.05, 0.1) is 0 Å². The highest BCUT2D eigenvalue weighted by molar-refractivity contribution is 5.99. The van der Waals surface area contributed by atoms with E-state index in [1.807, 2.05) is 18.2 Å². The van der Waals surface area contributed by atoms with Crippen LogP contribution in [0.2, 0.25) is 0 Å². The number of aliphatic carboxylic acids is 1. The van der Waals surface area contributed by atoms with Gasteiger partial charge in [-0.2, -0.15) is 0 Å². The summed E-state index contributed by atoms with van der Waals surface area (Å²) in [7, 11) is 0. The summed E-state index contributed by atoms with van der Waals surface area (Å²) in [5.41, 5.74) is 0.353. The van der Waals surface area contributed by atoms with Crippen LogP contribution in [0.15, 0.2) is 24.3 Å². The fourth-order valence-electron chi connectivity index (χ4n) is 4.89. The molecule has 0 aromatic heterocycles. The Labute approximate surface area is 260 Å². The van der Waals surface area contributed by atoms with Crippen LogP contribution in [-0.4, -0.2) is 76.4 Å². The number of hydrogen-bond donors (Lipinski definition) is 4. The van der Waals surface area contributed by atoms with E-state index in [2.05, 4.69) is 16.0 Å². The van der Waals surface area contributed by atoms with Crippen molar-refractivity contribution in [1.82, 2.24) is 15.5 Å². The molecule has 12 nitrogen and oxygen atoms in total. The molecule has 1 aliphatic rings. The van der Waals surface area contributed by atoms with Crippen LogP contribution >= 0.6 is 0 Å². The molecule has 2 rings (SSSR count). The highest BCUT2D eigenvalue weighted by Gasteiger charge is 2.39. The summed E-state index contributed by atoms with van der Waals surface area (Å²) in [5, 5.41) is 18.5. The molecule has 1 aliphatic heterocycles. The molecular formula is C32H50N4O8. The third-order valence-electron chi connectivity index (χ3n) is 6.82. The maximum Gasteiger partial charge on any atom is 0.407 e. The first kappa shape index (κ1) is 36.4. The van der Waals surface area contributed by atoms with Gasteiger partial charge in [-0.3, -0.25) is 9.59 Å². The quantitative estimate of drug-likeness (QED) is 0.212. The van der Waals surface area contributed by atoms with Crippen LogP contribution in [0.25, 0.3) is 0 Å². The topological polar surface area (TPSA) is 163 Å². The van der Waals surface area contributed by atoms with Crippen molar-refractivity contribution < 1.29 is 38.6 Å². The summed E-state index contributed by atoms with van der Waals surface area (Å²) in [4.78, 5) is 64.6. The fraction of sp³-hybridized carbons (Fsp3) is 0.656. The van der Waals surface area contributed by atoms with Gasteiger partial charge in [0.25, 0.3) is 0 Å². The maximum atomic E-state index is 13.6. The van der Waals surface area contributed by atoms with Gasteiger partial charge in [0.1, 0.15) is 23.3 Å². The van der Waals surface area contributed by atoms with Gasteiger partial charge in [0.15, 0.2) is 0 Å². The van der Waals surface area contributed by atoms with E-state index >= 15 is 0 Å². The largest absolute Gasteiger partial charge is 0.480 e. The number of carboxylic acid groups (broad SMARTS) is 1. The van der Waals surface area contributed by atoms with Crippen molar-refractivity contribution >= 4 is 35.7 Å². The Kier molecular flexibility index (Phi) is 13.9. The van der Waals surface area contributed by atoms with Gasteiger partial charge < -0.3 is 35.4 Å². The molecule has 0 fully saturated rings. The summed E-state index contributed by atoms with van der Waals surface area (Å²) in [5.74, 6) is -2.01. The lowest BCUT2D eigenvalue weighted by Gasteiger charge is -2.35. The molecule has 246 valence electrons. The van der Waals surface area contributed by atoms with Crippen LogP contribution in [0.1, 0.15) is 98.5 Å². The van der Waals surface area contributed by atoms with Crippen molar-refractivity contribution in [2.75, 3.05) is 18.4 Å². The molecule has 12 heteroatoms. The number of para-hydroxylation sites is 1. The number of aryl methyl sites for hydroxylation is 1. The Hall–Kier alpha value is -3.83. The average Bonchev–Trinajstić information content (AvgIpc) is 3.05. The van der Waals surface area contributed by atoms with E-state index in [-0.39, 0.29) is 19.4 Å². The number of ether oxygens (including phenoxy) is 2. The van der Waals surface area contributed by atoms with Gasteiger partial charge in [-0.15, -0.1) is 0 Å². The molecule has 2 atom stereocenters. The Morgan fingerprint density at radius 3 is 2.05 bits per heavy atom. The lowest BCUT2D eigenvalue weighted by atomic mass is 9.99. The molecule has 1 heterocycles. The number of nitrogens with zero attached hydrogens (tertiary/aromatic N) is 1. The van der Waals surface area contributed by atoms with Crippen molar-refractivity contribution in [2.24, 2.45) is 0 Å². The van der Waals surface area contributed by atoms with Crippen molar-refractivity contribution in [3.63, 3.8) is 0 Å². The normalized spacial score (nSPS) is 15.6. The number of anilines is 1. The van der Waals surface area contributed by atoms with Gasteiger partial charge in [0, 0.05) is 25.2 Å². The minimum atomic E-state index is -1.21. The zero-order valence-corrected chi connectivity index (χ0v) is 27.0. The first-order valence-electron chi connectivity index (χ1n) is 15.4. The molecule has 2 unspecified atom stereocenters. The molecule has 0 spiro atoms. The zero-order chi connectivity index (χ0) is 32.9. The van der Waals surface area contributed by atoms with Gasteiger partial charge in [0.2, 0.25) is 11.8 Å². The Morgan fingerprint density at radius 1 is 0.909 bits per heavy atom. The number of nitrogens with one attached hydrogen (secondary N) is 3. The minimum Gasteiger partial charge on any atom is -0.480 e. The lowest BCUT2D eigenvalue weighted by molar-refractivity contribution is -0.154. The van der Waals surface area contributed by atoms with E-state index in [0.29, 0.717) is 57.2 Å². The highest BCUT2D eigenvalue weighted by Crippen LogP contribution is 2.27. The van der Waals surface area contributed by atoms with Gasteiger partial charge in [-0.25, -0.2) is 14.4 Å². The molecule has 44 heavy (non-hydrogen) atoms. The number of unbranched alkanes of at least 4 members (excludes halogenated alkanes) is 3. The molecule has 4 N–H and O–H groups in total. The number of amides is 4. The molecule has 1 aromatic rings. The second-order valence-corrected chi connectivity index (χ2v) is 13.0. The molecule has 0 bridgehead atoms. The number of rotatable bonds is 14. The van der Waals surface area contributed by atoms with E-state index in [9.17, 15) is 29.1 Å². The molecule has 0 aliphatic carbocycles. The molecular weight excluding hydrogens is 568 g/mol. The summed E-state index contributed by atoms with van der Waals surface area (Å²) < 4.78 is 10.4. The van der Waals surface area contributed by atoms with E-state index in [1.165, 1.54) is 4.90 Å². The Morgan fingerprint density at radius 2 is 1.48 bits per heavy atom. The number of carbonyl (C=O) groups excluding carboxylic acids is 4. The van der Waals surface area contributed by atoms with Gasteiger partial charge >= 0.3 is 18.2 Å². The van der Waals surface area contributed by atoms with Crippen LogP contribution in [0.3, 0.4) is 0 Å². The summed E-state index contributed by atoms with van der Waals surface area (Å²) in [6, 6.07) is 5.21. The van der Waals surface area contributed by atoms with E-state index < -0.39 is 53.3 Å². The van der Waals surface area contributed by atoms with Crippen LogP contribution in [0, 0.1) is 0 Å². The number of carbonyl (C=O) groups is 5. The molecule has 0 saturated carbocycles. The van der Waals surface area contributed by atoms with Crippen molar-refractivity contribution in [3.8, 4) is 0 Å². The third kappa shape index (κ3) is 13.2. The van der Waals surface area contributed by atoms with E-state index in [0.717, 1.165) is 5.56 Å². The van der Waals surface area contributed by atoms with E-state index in [4.69, 9.17) is 9.47 Å². The van der Waals surface area contributed by atoms with Gasteiger partial charge in [-0.05, 0) is 98.1 Å². The second kappa shape index (κ2) is 16.9. The SMILES string of the molecule is CC(C)(C)OC(=O)NCCCCCC(=O)N(C(CCCCNC(=O)OC(C)(C)C)C(=O)O)C1CCc2ccccc2NC1=O. The van der Waals surface area contributed by atoms with Crippen molar-refractivity contribution in [3.05, 3.63) is 29.8 Å². The predicted molar refractivity (Wildman–Crippen MR) is 166 cm³/mol. The fourth-order valence-corrected chi connectivity index (χ4v) is 4.89. The van der Waals surface area contributed by atoms with Gasteiger partial charge in [-0.1, -0.05) is 24.6 Å². The number of carboxylic acids is 1. The van der Waals surface area contributed by atoms with Crippen LogP contribution in [0.4, 0.5) is 15.3 Å². The minimum absolute atomic E-state index is 0.0626. The highest BCUT2D eigenvalue weighted by atomic mass is 16.6. The average molecular weight is 619 g/mol. The zero-order valence-electron chi connectivity index (χ0n) is 27.0. The second-order valence-electron chi connectivity index (χ2n) is 13.0.